The predicted molar refractivity (Wildman–Crippen MR) is 84.1 cm³/mol. The van der Waals surface area contributed by atoms with Crippen molar-refractivity contribution in [3.8, 4) is 17.7 Å². The van der Waals surface area contributed by atoms with Crippen molar-refractivity contribution in [3.63, 3.8) is 0 Å². The second-order valence-electron chi connectivity index (χ2n) is 5.44. The van der Waals surface area contributed by atoms with Gasteiger partial charge in [0.1, 0.15) is 0 Å². The quantitative estimate of drug-likeness (QED) is 0.635. The number of thiophene rings is 1. The number of carbonyl (C=O) groups is 1. The standard InChI is InChI=1S/C17H17NO2S/c1-17(2,10-5-7-14-8-6-12-21-14)13-16(19)20-15-9-3-4-11-18-15/h3-4,6,8-9,11-12H,10,13H2,1-2H3. The number of hydrogen-bond donors (Lipinski definition) is 0. The van der Waals surface area contributed by atoms with Crippen LogP contribution in [0, 0.1) is 17.3 Å². The van der Waals surface area contributed by atoms with Gasteiger partial charge in [-0.15, -0.1) is 11.3 Å². The zero-order valence-corrected chi connectivity index (χ0v) is 12.9. The lowest BCUT2D eigenvalue weighted by atomic mass is 9.86. The maximum absolute atomic E-state index is 11.9. The summed E-state index contributed by atoms with van der Waals surface area (Å²) in [6.45, 7) is 4.02. The minimum absolute atomic E-state index is 0.226. The molecular weight excluding hydrogens is 282 g/mol. The van der Waals surface area contributed by atoms with Gasteiger partial charge in [0.25, 0.3) is 0 Å². The molecule has 2 aromatic heterocycles. The summed E-state index contributed by atoms with van der Waals surface area (Å²) in [5.74, 6) is 6.30. The van der Waals surface area contributed by atoms with Crippen molar-refractivity contribution < 1.29 is 9.53 Å². The Morgan fingerprint density at radius 3 is 2.86 bits per heavy atom. The Labute approximate surface area is 129 Å². The van der Waals surface area contributed by atoms with Gasteiger partial charge >= 0.3 is 5.97 Å². The van der Waals surface area contributed by atoms with Crippen LogP contribution in [-0.4, -0.2) is 11.0 Å². The lowest BCUT2D eigenvalue weighted by Crippen LogP contribution is -2.20. The molecule has 4 heteroatoms. The molecule has 0 saturated heterocycles. The van der Waals surface area contributed by atoms with Crippen LogP contribution < -0.4 is 4.74 Å². The van der Waals surface area contributed by atoms with E-state index in [1.165, 1.54) is 0 Å². The van der Waals surface area contributed by atoms with Gasteiger partial charge in [0.2, 0.25) is 5.88 Å². The molecule has 108 valence electrons. The van der Waals surface area contributed by atoms with E-state index < -0.39 is 0 Å². The summed E-state index contributed by atoms with van der Waals surface area (Å²) in [4.78, 5) is 16.9. The lowest BCUT2D eigenvalue weighted by Gasteiger charge is -2.20. The molecule has 0 radical (unpaired) electrons. The van der Waals surface area contributed by atoms with Crippen molar-refractivity contribution in [2.24, 2.45) is 5.41 Å². The third kappa shape index (κ3) is 5.41. The number of esters is 1. The molecule has 0 aliphatic heterocycles. The number of pyridine rings is 1. The monoisotopic (exact) mass is 299 g/mol. The summed E-state index contributed by atoms with van der Waals surface area (Å²) in [6, 6.07) is 9.19. The Kier molecular flexibility index (Phi) is 5.13. The van der Waals surface area contributed by atoms with Crippen molar-refractivity contribution in [1.29, 1.82) is 0 Å². The average Bonchev–Trinajstić information content (AvgIpc) is 2.92. The van der Waals surface area contributed by atoms with Crippen LogP contribution in [-0.2, 0) is 4.79 Å². The Hall–Kier alpha value is -2.12. The summed E-state index contributed by atoms with van der Waals surface area (Å²) < 4.78 is 5.21. The average molecular weight is 299 g/mol. The molecule has 2 heterocycles. The molecule has 0 aliphatic rings. The second kappa shape index (κ2) is 7.05. The fourth-order valence-corrected chi connectivity index (χ4v) is 2.33. The molecule has 0 fully saturated rings. The molecule has 0 unspecified atom stereocenters. The minimum Gasteiger partial charge on any atom is -0.407 e. The van der Waals surface area contributed by atoms with Crippen molar-refractivity contribution in [3.05, 3.63) is 46.8 Å². The van der Waals surface area contributed by atoms with Gasteiger partial charge in [-0.3, -0.25) is 4.79 Å². The molecule has 2 aromatic rings. The second-order valence-corrected chi connectivity index (χ2v) is 6.39. The molecule has 0 aromatic carbocycles. The number of nitrogens with zero attached hydrogens (tertiary/aromatic N) is 1. The number of rotatable bonds is 4. The zero-order valence-electron chi connectivity index (χ0n) is 12.1. The van der Waals surface area contributed by atoms with Crippen LogP contribution in [0.25, 0.3) is 0 Å². The topological polar surface area (TPSA) is 39.2 Å². The predicted octanol–water partition coefficient (Wildman–Crippen LogP) is 3.91. The molecule has 3 nitrogen and oxygen atoms in total. The summed E-state index contributed by atoms with van der Waals surface area (Å²) >= 11 is 1.62. The molecular formula is C17H17NO2S. The molecule has 0 bridgehead atoms. The number of carbonyl (C=O) groups excluding carboxylic acids is 1. The molecule has 21 heavy (non-hydrogen) atoms. The highest BCUT2D eigenvalue weighted by Crippen LogP contribution is 2.25. The fourth-order valence-electron chi connectivity index (χ4n) is 1.73. The summed E-state index contributed by atoms with van der Waals surface area (Å²) in [5.41, 5.74) is -0.226. The highest BCUT2D eigenvalue weighted by Gasteiger charge is 2.22. The summed E-state index contributed by atoms with van der Waals surface area (Å²) in [5, 5.41) is 2.00. The van der Waals surface area contributed by atoms with Gasteiger partial charge in [-0.1, -0.05) is 37.8 Å². The smallest absolute Gasteiger partial charge is 0.313 e. The van der Waals surface area contributed by atoms with Gasteiger partial charge in [-0.05, 0) is 22.9 Å². The molecule has 0 aliphatic carbocycles. The van der Waals surface area contributed by atoms with E-state index in [-0.39, 0.29) is 11.4 Å². The minimum atomic E-state index is -0.281. The SMILES string of the molecule is CC(C)(CC#Cc1cccs1)CC(=O)Oc1ccccn1. The first kappa shape index (κ1) is 15.3. The Balaban J connectivity index is 1.86. The molecule has 0 spiro atoms. The van der Waals surface area contributed by atoms with E-state index >= 15 is 0 Å². The van der Waals surface area contributed by atoms with Crippen molar-refractivity contribution in [2.75, 3.05) is 0 Å². The van der Waals surface area contributed by atoms with Gasteiger partial charge in [0, 0.05) is 18.7 Å². The van der Waals surface area contributed by atoms with E-state index in [4.69, 9.17) is 4.74 Å². The highest BCUT2D eigenvalue weighted by atomic mass is 32.1. The van der Waals surface area contributed by atoms with E-state index in [9.17, 15) is 4.79 Å². The largest absolute Gasteiger partial charge is 0.407 e. The van der Waals surface area contributed by atoms with Crippen LogP contribution in [0.3, 0.4) is 0 Å². The van der Waals surface area contributed by atoms with Gasteiger partial charge in [0.15, 0.2) is 0 Å². The number of ether oxygens (including phenoxy) is 1. The Morgan fingerprint density at radius 1 is 1.33 bits per heavy atom. The Bertz CT molecular complexity index is 636. The normalized spacial score (nSPS) is 10.6. The molecule has 2 rings (SSSR count). The highest BCUT2D eigenvalue weighted by molar-refractivity contribution is 7.10. The van der Waals surface area contributed by atoms with E-state index in [1.807, 2.05) is 31.4 Å². The van der Waals surface area contributed by atoms with Crippen molar-refractivity contribution >= 4 is 17.3 Å². The number of aromatic nitrogens is 1. The number of hydrogen-bond acceptors (Lipinski definition) is 4. The molecule has 0 atom stereocenters. The van der Waals surface area contributed by atoms with Crippen molar-refractivity contribution in [2.45, 2.75) is 26.7 Å². The van der Waals surface area contributed by atoms with Crippen LogP contribution in [0.1, 0.15) is 31.6 Å². The van der Waals surface area contributed by atoms with Gasteiger partial charge in [-0.25, -0.2) is 4.98 Å². The summed E-state index contributed by atoms with van der Waals surface area (Å²) in [7, 11) is 0. The van der Waals surface area contributed by atoms with Crippen LogP contribution in [0.5, 0.6) is 5.88 Å². The maximum Gasteiger partial charge on any atom is 0.313 e. The van der Waals surface area contributed by atoms with Gasteiger partial charge < -0.3 is 4.74 Å². The molecule has 0 amide bonds. The van der Waals surface area contributed by atoms with E-state index in [0.29, 0.717) is 18.7 Å². The van der Waals surface area contributed by atoms with Crippen LogP contribution in [0.4, 0.5) is 0 Å². The van der Waals surface area contributed by atoms with E-state index in [2.05, 4.69) is 16.8 Å². The van der Waals surface area contributed by atoms with Gasteiger partial charge in [-0.2, -0.15) is 0 Å². The third-order valence-corrected chi connectivity index (χ3v) is 3.56. The van der Waals surface area contributed by atoms with E-state index in [0.717, 1.165) is 4.88 Å². The van der Waals surface area contributed by atoms with E-state index in [1.54, 1.807) is 35.7 Å². The molecule has 0 saturated carbocycles. The first-order valence-electron chi connectivity index (χ1n) is 6.69. The van der Waals surface area contributed by atoms with Crippen LogP contribution in [0.15, 0.2) is 41.9 Å². The first-order valence-corrected chi connectivity index (χ1v) is 7.57. The first-order chi connectivity index (χ1) is 10.1. The van der Waals surface area contributed by atoms with Gasteiger partial charge in [0.05, 0.1) is 11.3 Å². The van der Waals surface area contributed by atoms with Crippen molar-refractivity contribution in [1.82, 2.24) is 4.98 Å². The van der Waals surface area contributed by atoms with Crippen LogP contribution >= 0.6 is 11.3 Å². The molecule has 0 N–H and O–H groups in total. The zero-order chi connectivity index (χ0) is 15.1. The Morgan fingerprint density at radius 2 is 2.19 bits per heavy atom. The van der Waals surface area contributed by atoms with Crippen LogP contribution in [0.2, 0.25) is 0 Å². The summed E-state index contributed by atoms with van der Waals surface area (Å²) in [6.07, 6.45) is 2.55. The third-order valence-electron chi connectivity index (χ3n) is 2.78. The lowest BCUT2D eigenvalue weighted by molar-refractivity contribution is -0.136. The maximum atomic E-state index is 11.9. The fraction of sp³-hybridized carbons (Fsp3) is 0.294.